The molecule has 0 aromatic carbocycles. The van der Waals surface area contributed by atoms with Crippen molar-refractivity contribution in [2.75, 3.05) is 20.3 Å². The Labute approximate surface area is 79.7 Å². The highest BCUT2D eigenvalue weighted by Gasteiger charge is 2.09. The number of hydrogen-bond acceptors (Lipinski definition) is 4. The van der Waals surface area contributed by atoms with Gasteiger partial charge in [-0.25, -0.2) is 0 Å². The van der Waals surface area contributed by atoms with Gasteiger partial charge < -0.3 is 10.4 Å². The van der Waals surface area contributed by atoms with E-state index in [0.29, 0.717) is 0 Å². The van der Waals surface area contributed by atoms with Crippen LogP contribution in [0.3, 0.4) is 0 Å². The van der Waals surface area contributed by atoms with Crippen LogP contribution in [0.25, 0.3) is 0 Å². The molecule has 0 aromatic heterocycles. The number of nitrogens with one attached hydrogen (secondary N) is 2. The van der Waals surface area contributed by atoms with E-state index in [9.17, 15) is 4.79 Å². The number of carbonyl (C=O) groups is 1. The minimum atomic E-state index is -0.00544. The van der Waals surface area contributed by atoms with Crippen LogP contribution in [-0.2, 0) is 4.79 Å². The van der Waals surface area contributed by atoms with Crippen LogP contribution >= 0.6 is 0 Å². The number of rotatable bonds is 8. The fourth-order valence-electron chi connectivity index (χ4n) is 1.23. The summed E-state index contributed by atoms with van der Waals surface area (Å²) < 4.78 is 0. The van der Waals surface area contributed by atoms with Crippen molar-refractivity contribution in [3.63, 3.8) is 0 Å². The molecule has 1 unspecified atom stereocenters. The van der Waals surface area contributed by atoms with E-state index in [1.165, 1.54) is 0 Å². The normalized spacial score (nSPS) is 12.8. The largest absolute Gasteiger partial charge is 0.381 e. The standard InChI is InChI=1S/C9H20N2O2/c1-8(13)9(10-2)5-3-4-6-11-7-12/h9-12H,3-7H2,1-2H3. The Morgan fingerprint density at radius 3 is 2.62 bits per heavy atom. The third kappa shape index (κ3) is 6.69. The molecule has 78 valence electrons. The van der Waals surface area contributed by atoms with Crippen LogP contribution in [0.1, 0.15) is 26.2 Å². The summed E-state index contributed by atoms with van der Waals surface area (Å²) in [5, 5.41) is 14.2. The van der Waals surface area contributed by atoms with E-state index >= 15 is 0 Å². The first-order valence-electron chi connectivity index (χ1n) is 4.71. The van der Waals surface area contributed by atoms with Crippen molar-refractivity contribution in [2.24, 2.45) is 0 Å². The molecule has 13 heavy (non-hydrogen) atoms. The number of aliphatic hydroxyl groups excluding tert-OH is 1. The number of hydrogen-bond donors (Lipinski definition) is 3. The molecule has 0 aliphatic carbocycles. The van der Waals surface area contributed by atoms with Gasteiger partial charge in [0.15, 0.2) is 0 Å². The highest BCUT2D eigenvalue weighted by molar-refractivity contribution is 5.81. The van der Waals surface area contributed by atoms with Crippen LogP contribution in [0.15, 0.2) is 0 Å². The van der Waals surface area contributed by atoms with E-state index < -0.39 is 0 Å². The average molecular weight is 188 g/mol. The zero-order valence-electron chi connectivity index (χ0n) is 8.47. The molecule has 0 amide bonds. The molecule has 0 heterocycles. The summed E-state index contributed by atoms with van der Waals surface area (Å²) in [6.07, 6.45) is 2.86. The SMILES string of the molecule is CNC(CCCCNCO)C(C)=O. The van der Waals surface area contributed by atoms with Crippen molar-refractivity contribution in [3.8, 4) is 0 Å². The Hall–Kier alpha value is -0.450. The van der Waals surface area contributed by atoms with E-state index in [1.54, 1.807) is 14.0 Å². The smallest absolute Gasteiger partial charge is 0.146 e. The lowest BCUT2D eigenvalue weighted by molar-refractivity contribution is -0.119. The number of aliphatic hydroxyl groups is 1. The predicted octanol–water partition coefficient (Wildman–Crippen LogP) is -0.127. The maximum absolute atomic E-state index is 11.0. The Morgan fingerprint density at radius 2 is 2.15 bits per heavy atom. The Bertz CT molecular complexity index is 140. The summed E-state index contributed by atoms with van der Waals surface area (Å²) in [4.78, 5) is 11.0. The highest BCUT2D eigenvalue weighted by Crippen LogP contribution is 2.00. The quantitative estimate of drug-likeness (QED) is 0.367. The van der Waals surface area contributed by atoms with Crippen LogP contribution in [0.2, 0.25) is 0 Å². The van der Waals surface area contributed by atoms with Gasteiger partial charge in [-0.1, -0.05) is 6.42 Å². The van der Waals surface area contributed by atoms with Crippen molar-refractivity contribution >= 4 is 5.78 Å². The Balaban J connectivity index is 3.33. The maximum Gasteiger partial charge on any atom is 0.146 e. The predicted molar refractivity (Wildman–Crippen MR) is 52.5 cm³/mol. The zero-order chi connectivity index (χ0) is 10.1. The molecule has 4 nitrogen and oxygen atoms in total. The van der Waals surface area contributed by atoms with Gasteiger partial charge in [-0.3, -0.25) is 10.1 Å². The molecular formula is C9H20N2O2. The van der Waals surface area contributed by atoms with Crippen LogP contribution in [0, 0.1) is 0 Å². The number of ketones is 1. The number of unbranched alkanes of at least 4 members (excludes halogenated alkanes) is 1. The van der Waals surface area contributed by atoms with Crippen molar-refractivity contribution in [3.05, 3.63) is 0 Å². The van der Waals surface area contributed by atoms with Crippen LogP contribution in [-0.4, -0.2) is 37.3 Å². The van der Waals surface area contributed by atoms with E-state index in [-0.39, 0.29) is 18.6 Å². The van der Waals surface area contributed by atoms with Gasteiger partial charge in [0.05, 0.1) is 12.8 Å². The molecule has 0 aliphatic rings. The topological polar surface area (TPSA) is 61.4 Å². The lowest BCUT2D eigenvalue weighted by Crippen LogP contribution is -2.32. The number of carbonyl (C=O) groups excluding carboxylic acids is 1. The fourth-order valence-corrected chi connectivity index (χ4v) is 1.23. The van der Waals surface area contributed by atoms with Gasteiger partial charge in [-0.05, 0) is 33.4 Å². The van der Waals surface area contributed by atoms with Gasteiger partial charge in [0, 0.05) is 0 Å². The molecule has 0 aromatic rings. The molecule has 0 spiro atoms. The third-order valence-corrected chi connectivity index (χ3v) is 2.05. The molecule has 0 radical (unpaired) electrons. The summed E-state index contributed by atoms with van der Waals surface area (Å²) >= 11 is 0. The summed E-state index contributed by atoms with van der Waals surface area (Å²) in [6, 6.07) is -0.00544. The molecule has 3 N–H and O–H groups in total. The van der Waals surface area contributed by atoms with Crippen LogP contribution in [0.4, 0.5) is 0 Å². The van der Waals surface area contributed by atoms with Gasteiger partial charge in [0.25, 0.3) is 0 Å². The van der Waals surface area contributed by atoms with Crippen molar-refractivity contribution in [1.29, 1.82) is 0 Å². The van der Waals surface area contributed by atoms with Crippen molar-refractivity contribution in [1.82, 2.24) is 10.6 Å². The monoisotopic (exact) mass is 188 g/mol. The third-order valence-electron chi connectivity index (χ3n) is 2.05. The summed E-state index contributed by atoms with van der Waals surface area (Å²) in [6.45, 7) is 2.44. The molecule has 0 saturated carbocycles. The van der Waals surface area contributed by atoms with E-state index in [4.69, 9.17) is 5.11 Å². The zero-order valence-corrected chi connectivity index (χ0v) is 8.47. The van der Waals surface area contributed by atoms with Gasteiger partial charge in [-0.2, -0.15) is 0 Å². The Kier molecular flexibility index (Phi) is 7.88. The lowest BCUT2D eigenvalue weighted by atomic mass is 10.1. The molecule has 4 heteroatoms. The molecular weight excluding hydrogens is 168 g/mol. The molecule has 0 fully saturated rings. The first-order chi connectivity index (χ1) is 6.22. The van der Waals surface area contributed by atoms with Gasteiger partial charge in [-0.15, -0.1) is 0 Å². The molecule has 0 rings (SSSR count). The van der Waals surface area contributed by atoms with E-state index in [2.05, 4.69) is 10.6 Å². The lowest BCUT2D eigenvalue weighted by Gasteiger charge is -2.11. The Morgan fingerprint density at radius 1 is 1.46 bits per heavy atom. The van der Waals surface area contributed by atoms with Gasteiger partial charge in [0.1, 0.15) is 5.78 Å². The molecule has 0 aliphatic heterocycles. The second-order valence-corrected chi connectivity index (χ2v) is 3.11. The molecule has 0 bridgehead atoms. The van der Waals surface area contributed by atoms with E-state index in [0.717, 1.165) is 25.8 Å². The minimum Gasteiger partial charge on any atom is -0.381 e. The van der Waals surface area contributed by atoms with Crippen molar-refractivity contribution < 1.29 is 9.90 Å². The minimum absolute atomic E-state index is 0.00544. The maximum atomic E-state index is 11.0. The van der Waals surface area contributed by atoms with Gasteiger partial charge in [0.2, 0.25) is 0 Å². The first kappa shape index (κ1) is 12.6. The summed E-state index contributed by atoms with van der Waals surface area (Å²) in [7, 11) is 1.80. The average Bonchev–Trinajstić information content (AvgIpc) is 2.10. The number of likely N-dealkylation sites (N-methyl/N-ethyl adjacent to an activating group) is 1. The second-order valence-electron chi connectivity index (χ2n) is 3.11. The van der Waals surface area contributed by atoms with Gasteiger partial charge >= 0.3 is 0 Å². The summed E-state index contributed by atoms with van der Waals surface area (Å²) in [5.41, 5.74) is 0. The highest BCUT2D eigenvalue weighted by atomic mass is 16.3. The van der Waals surface area contributed by atoms with Crippen LogP contribution < -0.4 is 10.6 Å². The van der Waals surface area contributed by atoms with Crippen molar-refractivity contribution in [2.45, 2.75) is 32.2 Å². The molecule has 0 saturated heterocycles. The number of Topliss-reactive ketones (excluding diaryl/α,β-unsaturated/α-hetero) is 1. The molecule has 1 atom stereocenters. The summed E-state index contributed by atoms with van der Waals surface area (Å²) in [5.74, 6) is 0.192. The van der Waals surface area contributed by atoms with E-state index in [1.807, 2.05) is 0 Å². The fraction of sp³-hybridized carbons (Fsp3) is 0.889. The first-order valence-corrected chi connectivity index (χ1v) is 4.71. The second kappa shape index (κ2) is 8.16. The van der Waals surface area contributed by atoms with Crippen LogP contribution in [0.5, 0.6) is 0 Å².